The highest BCUT2D eigenvalue weighted by atomic mass is 32.1. The number of rotatable bonds is 23. The van der Waals surface area contributed by atoms with Crippen LogP contribution >= 0.6 is 12.2 Å². The summed E-state index contributed by atoms with van der Waals surface area (Å²) in [6.45, 7) is 4.79. The van der Waals surface area contributed by atoms with Crippen molar-refractivity contribution in [1.82, 2.24) is 5.32 Å². The van der Waals surface area contributed by atoms with E-state index >= 15 is 0 Å². The van der Waals surface area contributed by atoms with Crippen molar-refractivity contribution in [3.05, 3.63) is 35.9 Å². The minimum atomic E-state index is 0.478. The highest BCUT2D eigenvalue weighted by Gasteiger charge is 2.06. The molecule has 1 aromatic carbocycles. The quantitative estimate of drug-likeness (QED) is 0.0943. The van der Waals surface area contributed by atoms with Gasteiger partial charge in [0.15, 0.2) is 11.5 Å². The van der Waals surface area contributed by atoms with E-state index in [0.29, 0.717) is 18.0 Å². The number of methoxy groups -OCH3 is 1. The number of hydrogen-bond donors (Lipinski definition) is 2. The molecule has 0 aromatic heterocycles. The molecule has 1 rings (SSSR count). The average Bonchev–Trinajstić information content (AvgIpc) is 2.83. The monoisotopic (exact) mass is 490 g/mol. The third-order valence-corrected chi connectivity index (χ3v) is 6.15. The van der Waals surface area contributed by atoms with Crippen LogP contribution < -0.4 is 20.5 Å². The van der Waals surface area contributed by atoms with E-state index in [4.69, 9.17) is 27.4 Å². The lowest BCUT2D eigenvalue weighted by Crippen LogP contribution is -2.22. The Morgan fingerprint density at radius 2 is 1.47 bits per heavy atom. The second kappa shape index (κ2) is 21.9. The van der Waals surface area contributed by atoms with Crippen molar-refractivity contribution in [2.45, 2.75) is 103 Å². The van der Waals surface area contributed by atoms with Gasteiger partial charge in [0.05, 0.1) is 12.1 Å². The van der Waals surface area contributed by atoms with E-state index in [1.165, 1.54) is 89.9 Å². The number of hydrogen-bond acceptors (Lipinski definition) is 4. The van der Waals surface area contributed by atoms with Gasteiger partial charge in [-0.3, -0.25) is 0 Å². The minimum Gasteiger partial charge on any atom is -0.493 e. The molecule has 0 radical (unpaired) electrons. The number of ether oxygens (including phenoxy) is 2. The minimum absolute atomic E-state index is 0.478. The van der Waals surface area contributed by atoms with E-state index in [1.54, 1.807) is 7.11 Å². The lowest BCUT2D eigenvalue weighted by atomic mass is 10.1. The molecule has 0 unspecified atom stereocenters. The fourth-order valence-corrected chi connectivity index (χ4v) is 4.16. The van der Waals surface area contributed by atoms with E-state index in [9.17, 15) is 0 Å². The fourth-order valence-electron chi connectivity index (χ4n) is 4.00. The molecule has 0 fully saturated rings. The van der Waals surface area contributed by atoms with E-state index in [0.717, 1.165) is 30.2 Å². The molecule has 3 N–H and O–H groups in total. The molecule has 0 heterocycles. The maximum absolute atomic E-state index is 5.86. The summed E-state index contributed by atoms with van der Waals surface area (Å²) in [7, 11) is 1.65. The van der Waals surface area contributed by atoms with Crippen molar-refractivity contribution in [3.8, 4) is 11.5 Å². The number of allylic oxidation sites excluding steroid dienone is 2. The SMILES string of the molecule is CCCCCCCCC=CCCCCCCCCNCCOc1ccc(CC(N)=S)cc1OC. The maximum Gasteiger partial charge on any atom is 0.161 e. The van der Waals surface area contributed by atoms with E-state index in [2.05, 4.69) is 24.4 Å². The standard InChI is InChI=1S/C29H50N2O2S/c1-3-4-5-6-7-8-9-10-11-12-13-14-15-16-17-18-21-31-22-23-33-27-20-19-26(25-29(30)34)24-28(27)32-2/h10-11,19-20,24,31H,3-9,12-18,21-23,25H2,1-2H3,(H2,30,34). The topological polar surface area (TPSA) is 56.5 Å². The first kappa shape index (κ1) is 30.4. The van der Waals surface area contributed by atoms with Gasteiger partial charge in [0.25, 0.3) is 0 Å². The van der Waals surface area contributed by atoms with Crippen LogP contribution in [0.25, 0.3) is 0 Å². The number of nitrogens with one attached hydrogen (secondary N) is 1. The predicted octanol–water partition coefficient (Wildman–Crippen LogP) is 7.53. The summed E-state index contributed by atoms with van der Waals surface area (Å²) in [5, 5.41) is 3.47. The first-order valence-electron chi connectivity index (χ1n) is 13.6. The van der Waals surface area contributed by atoms with Crippen LogP contribution in [0, 0.1) is 0 Å². The second-order valence-electron chi connectivity index (χ2n) is 9.16. The van der Waals surface area contributed by atoms with Gasteiger partial charge in [0.1, 0.15) is 6.61 Å². The molecule has 194 valence electrons. The maximum atomic E-state index is 5.86. The molecule has 0 bridgehead atoms. The van der Waals surface area contributed by atoms with Crippen LogP contribution in [0.2, 0.25) is 0 Å². The number of nitrogens with two attached hydrogens (primary N) is 1. The summed E-state index contributed by atoms with van der Waals surface area (Å²) < 4.78 is 11.3. The zero-order chi connectivity index (χ0) is 24.7. The van der Waals surface area contributed by atoms with Gasteiger partial charge in [-0.25, -0.2) is 0 Å². The molecule has 34 heavy (non-hydrogen) atoms. The average molecular weight is 491 g/mol. The largest absolute Gasteiger partial charge is 0.493 e. The van der Waals surface area contributed by atoms with Crippen molar-refractivity contribution in [2.24, 2.45) is 5.73 Å². The molecule has 0 saturated heterocycles. The van der Waals surface area contributed by atoms with Crippen LogP contribution in [0.3, 0.4) is 0 Å². The molecule has 4 nitrogen and oxygen atoms in total. The third kappa shape index (κ3) is 16.9. The lowest BCUT2D eigenvalue weighted by Gasteiger charge is -2.12. The molecule has 0 aliphatic carbocycles. The van der Waals surface area contributed by atoms with Crippen LogP contribution in [-0.2, 0) is 6.42 Å². The van der Waals surface area contributed by atoms with Crippen molar-refractivity contribution in [2.75, 3.05) is 26.8 Å². The first-order valence-corrected chi connectivity index (χ1v) is 14.0. The molecule has 0 atom stereocenters. The summed E-state index contributed by atoms with van der Waals surface area (Å²) >= 11 is 4.97. The Labute approximate surface area is 215 Å². The molecule has 0 aliphatic heterocycles. The smallest absolute Gasteiger partial charge is 0.161 e. The van der Waals surface area contributed by atoms with Crippen LogP contribution in [0.4, 0.5) is 0 Å². The van der Waals surface area contributed by atoms with Gasteiger partial charge < -0.3 is 20.5 Å². The number of unbranched alkanes of at least 4 members (excludes halogenated alkanes) is 12. The van der Waals surface area contributed by atoms with Gasteiger partial charge >= 0.3 is 0 Å². The molecule has 0 spiro atoms. The van der Waals surface area contributed by atoms with E-state index < -0.39 is 0 Å². The molecule has 1 aromatic rings. The van der Waals surface area contributed by atoms with E-state index in [1.807, 2.05) is 18.2 Å². The van der Waals surface area contributed by atoms with Gasteiger partial charge in [-0.05, 0) is 56.3 Å². The highest BCUT2D eigenvalue weighted by molar-refractivity contribution is 7.80. The van der Waals surface area contributed by atoms with Crippen LogP contribution in [-0.4, -0.2) is 31.8 Å². The van der Waals surface area contributed by atoms with Gasteiger partial charge in [-0.1, -0.05) is 95.1 Å². The van der Waals surface area contributed by atoms with E-state index in [-0.39, 0.29) is 0 Å². The summed E-state index contributed by atoms with van der Waals surface area (Å²) in [4.78, 5) is 0.478. The Balaban J connectivity index is 1.90. The molecule has 0 aliphatic rings. The summed E-state index contributed by atoms with van der Waals surface area (Å²) in [5.74, 6) is 1.48. The third-order valence-electron chi connectivity index (χ3n) is 6.01. The van der Waals surface area contributed by atoms with Crippen molar-refractivity contribution >= 4 is 17.2 Å². The van der Waals surface area contributed by atoms with Crippen LogP contribution in [0.15, 0.2) is 30.4 Å². The van der Waals surface area contributed by atoms with Gasteiger partial charge in [0.2, 0.25) is 0 Å². The molecule has 5 heteroatoms. The van der Waals surface area contributed by atoms with Crippen molar-refractivity contribution < 1.29 is 9.47 Å². The molecular formula is C29H50N2O2S. The summed E-state index contributed by atoms with van der Waals surface area (Å²) in [5.41, 5.74) is 6.66. The fraction of sp³-hybridized carbons (Fsp3) is 0.690. The Morgan fingerprint density at radius 1 is 0.853 bits per heavy atom. The summed E-state index contributed by atoms with van der Waals surface area (Å²) in [6, 6.07) is 5.85. The molecular weight excluding hydrogens is 440 g/mol. The lowest BCUT2D eigenvalue weighted by molar-refractivity contribution is 0.292. The second-order valence-corrected chi connectivity index (χ2v) is 9.69. The number of thiocarbonyl (C=S) groups is 1. The first-order chi connectivity index (χ1) is 16.7. The molecule has 0 saturated carbocycles. The Kier molecular flexibility index (Phi) is 19.6. The zero-order valence-corrected chi connectivity index (χ0v) is 22.7. The molecule has 0 amide bonds. The van der Waals surface area contributed by atoms with Gasteiger partial charge in [-0.2, -0.15) is 0 Å². The Morgan fingerprint density at radius 3 is 2.09 bits per heavy atom. The van der Waals surface area contributed by atoms with Crippen molar-refractivity contribution in [1.29, 1.82) is 0 Å². The van der Waals surface area contributed by atoms with Crippen LogP contribution in [0.1, 0.15) is 102 Å². The highest BCUT2D eigenvalue weighted by Crippen LogP contribution is 2.28. The summed E-state index contributed by atoms with van der Waals surface area (Å²) in [6.07, 6.45) is 24.2. The Bertz CT molecular complexity index is 664. The van der Waals surface area contributed by atoms with Crippen LogP contribution in [0.5, 0.6) is 11.5 Å². The zero-order valence-electron chi connectivity index (χ0n) is 21.9. The predicted molar refractivity (Wildman–Crippen MR) is 151 cm³/mol. The van der Waals surface area contributed by atoms with Gasteiger partial charge in [0, 0.05) is 13.0 Å². The van der Waals surface area contributed by atoms with Crippen molar-refractivity contribution in [3.63, 3.8) is 0 Å². The normalized spacial score (nSPS) is 11.2. The Hall–Kier alpha value is -1.59. The van der Waals surface area contributed by atoms with Gasteiger partial charge in [-0.15, -0.1) is 0 Å². The number of benzene rings is 1.